The summed E-state index contributed by atoms with van der Waals surface area (Å²) in [5, 5.41) is 13.1. The van der Waals surface area contributed by atoms with Crippen molar-refractivity contribution < 1.29 is 18.3 Å². The minimum Gasteiger partial charge on any atom is -0.476 e. The van der Waals surface area contributed by atoms with E-state index in [1.54, 1.807) is 24.2 Å². The van der Waals surface area contributed by atoms with E-state index in [2.05, 4.69) is 25.8 Å². The Morgan fingerprint density at radius 3 is 2.84 bits per heavy atom. The highest BCUT2D eigenvalue weighted by Gasteiger charge is 2.46. The fraction of sp³-hybridized carbons (Fsp3) is 0.381. The van der Waals surface area contributed by atoms with Gasteiger partial charge in [-0.15, -0.1) is 5.10 Å². The number of H-pyrrole nitrogens is 1. The summed E-state index contributed by atoms with van der Waals surface area (Å²) in [6.07, 6.45) is -0.975. The number of urea groups is 1. The van der Waals surface area contributed by atoms with Gasteiger partial charge in [0.2, 0.25) is 5.88 Å². The first-order valence-electron chi connectivity index (χ1n) is 10.1. The van der Waals surface area contributed by atoms with Gasteiger partial charge < -0.3 is 10.1 Å². The van der Waals surface area contributed by atoms with Crippen molar-refractivity contribution in [3.05, 3.63) is 48.2 Å². The highest BCUT2D eigenvalue weighted by atomic mass is 19.3. The van der Waals surface area contributed by atoms with Crippen LogP contribution in [0, 0.1) is 0 Å². The zero-order valence-electron chi connectivity index (χ0n) is 17.2. The number of carbonyl (C=O) groups excluding carboxylic acids is 1. The molecule has 0 bridgehead atoms. The normalized spacial score (nSPS) is 21.5. The van der Waals surface area contributed by atoms with Gasteiger partial charge in [0.15, 0.2) is 0 Å². The van der Waals surface area contributed by atoms with E-state index in [-0.39, 0.29) is 0 Å². The van der Waals surface area contributed by atoms with Gasteiger partial charge in [0.1, 0.15) is 5.82 Å². The smallest absolute Gasteiger partial charge is 0.320 e. The third-order valence-corrected chi connectivity index (χ3v) is 5.49. The maximum Gasteiger partial charge on any atom is 0.320 e. The summed E-state index contributed by atoms with van der Waals surface area (Å²) in [4.78, 5) is 18.5. The number of fused-ring (bicyclic) bond motifs is 1. The zero-order chi connectivity index (χ0) is 22.0. The number of ether oxygens (including phenoxy) is 1. The molecule has 3 N–H and O–H groups in total. The fourth-order valence-electron chi connectivity index (χ4n) is 4.17. The number of alkyl halides is 2. The number of rotatable bonds is 6. The van der Waals surface area contributed by atoms with Crippen molar-refractivity contribution >= 4 is 22.8 Å². The van der Waals surface area contributed by atoms with E-state index >= 15 is 0 Å². The fourth-order valence-corrected chi connectivity index (χ4v) is 4.17. The molecule has 3 aromatic rings. The summed E-state index contributed by atoms with van der Waals surface area (Å²) in [6.45, 7) is 2.64. The molecule has 2 amide bonds. The van der Waals surface area contributed by atoms with Crippen molar-refractivity contribution in [1.82, 2.24) is 25.4 Å². The van der Waals surface area contributed by atoms with Crippen LogP contribution in [0.5, 0.6) is 5.88 Å². The van der Waals surface area contributed by atoms with E-state index in [9.17, 15) is 13.6 Å². The van der Waals surface area contributed by atoms with Crippen molar-refractivity contribution in [2.75, 3.05) is 25.5 Å². The van der Waals surface area contributed by atoms with Crippen LogP contribution in [0.2, 0.25) is 0 Å². The van der Waals surface area contributed by atoms with Crippen LogP contribution in [0.25, 0.3) is 10.9 Å². The Morgan fingerprint density at radius 2 is 2.13 bits per heavy atom. The van der Waals surface area contributed by atoms with E-state index in [0.29, 0.717) is 35.8 Å². The van der Waals surface area contributed by atoms with Crippen LogP contribution in [-0.2, 0) is 0 Å². The third-order valence-electron chi connectivity index (χ3n) is 5.49. The molecule has 0 aliphatic carbocycles. The molecular weight excluding hydrogens is 406 g/mol. The number of amides is 2. The third kappa shape index (κ3) is 4.29. The molecule has 31 heavy (non-hydrogen) atoms. The summed E-state index contributed by atoms with van der Waals surface area (Å²) in [6, 6.07) is 8.76. The Hall–Kier alpha value is -3.27. The van der Waals surface area contributed by atoms with Crippen molar-refractivity contribution in [2.45, 2.75) is 31.4 Å². The van der Waals surface area contributed by atoms with Crippen molar-refractivity contribution in [3.8, 4) is 5.88 Å². The molecule has 1 fully saturated rings. The molecule has 0 spiro atoms. The van der Waals surface area contributed by atoms with Gasteiger partial charge in [-0.25, -0.2) is 18.6 Å². The topological polar surface area (TPSA) is 95.2 Å². The minimum absolute atomic E-state index is 0.310. The predicted octanol–water partition coefficient (Wildman–Crippen LogP) is 3.21. The lowest BCUT2D eigenvalue weighted by Gasteiger charge is -2.26. The lowest BCUT2D eigenvalue weighted by molar-refractivity contribution is 0.0512. The molecule has 3 heterocycles. The summed E-state index contributed by atoms with van der Waals surface area (Å²) < 4.78 is 33.0. The molecule has 1 aliphatic heterocycles. The molecule has 1 aromatic carbocycles. The molecule has 4 rings (SSSR count). The van der Waals surface area contributed by atoms with Crippen LogP contribution < -0.4 is 15.4 Å². The first-order chi connectivity index (χ1) is 15.0. The average Bonchev–Trinajstić information content (AvgIpc) is 3.29. The molecule has 10 heteroatoms. The number of nitrogens with zero attached hydrogens (tertiary/aromatic N) is 3. The Balaban J connectivity index is 1.50. The Labute approximate surface area is 178 Å². The molecule has 3 atom stereocenters. The van der Waals surface area contributed by atoms with Crippen LogP contribution in [0.4, 0.5) is 19.4 Å². The van der Waals surface area contributed by atoms with E-state index < -0.39 is 30.5 Å². The number of nitrogens with one attached hydrogen (secondary N) is 3. The number of halogens is 2. The van der Waals surface area contributed by atoms with Crippen LogP contribution in [-0.4, -0.2) is 64.8 Å². The van der Waals surface area contributed by atoms with E-state index in [4.69, 9.17) is 4.74 Å². The number of hydrogen-bond donors (Lipinski definition) is 3. The standard InChI is InChI=1S/C21H24F2N6O2/c1-3-31-20-13-10-24-16(9-14(13)27-28-20)26-21(30)25-15-11-29(2)18(19(22)23)17(15)12-7-5-4-6-8-12/h4-10,15,17-19H,3,11H2,1-2H3,(H,27,28)(H2,24,25,26,30)/t15-,17+,18-/m1/s1. The highest BCUT2D eigenvalue weighted by molar-refractivity contribution is 5.92. The summed E-state index contributed by atoms with van der Waals surface area (Å²) in [7, 11) is 1.65. The van der Waals surface area contributed by atoms with Gasteiger partial charge in [-0.1, -0.05) is 30.3 Å². The van der Waals surface area contributed by atoms with E-state index in [0.717, 1.165) is 5.56 Å². The summed E-state index contributed by atoms with van der Waals surface area (Å²) in [5.41, 5.74) is 1.43. The minimum atomic E-state index is -2.53. The number of likely N-dealkylation sites (N-methyl/N-ethyl adjacent to an activating group) is 1. The monoisotopic (exact) mass is 430 g/mol. The quantitative estimate of drug-likeness (QED) is 0.558. The molecule has 8 nitrogen and oxygen atoms in total. The lowest BCUT2D eigenvalue weighted by Crippen LogP contribution is -2.43. The number of anilines is 1. The lowest BCUT2D eigenvalue weighted by atomic mass is 9.88. The Bertz CT molecular complexity index is 1040. The average molecular weight is 430 g/mol. The molecule has 0 saturated carbocycles. The maximum absolute atomic E-state index is 13.8. The van der Waals surface area contributed by atoms with Gasteiger partial charge in [-0.3, -0.25) is 15.3 Å². The van der Waals surface area contributed by atoms with E-state index in [1.165, 1.54) is 0 Å². The van der Waals surface area contributed by atoms with Crippen molar-refractivity contribution in [3.63, 3.8) is 0 Å². The van der Waals surface area contributed by atoms with Gasteiger partial charge >= 0.3 is 6.03 Å². The molecule has 0 unspecified atom stereocenters. The largest absolute Gasteiger partial charge is 0.476 e. The number of aromatic nitrogens is 3. The van der Waals surface area contributed by atoms with E-state index in [1.807, 2.05) is 37.3 Å². The van der Waals surface area contributed by atoms with Crippen molar-refractivity contribution in [1.29, 1.82) is 0 Å². The second kappa shape index (κ2) is 8.84. The Morgan fingerprint density at radius 1 is 1.35 bits per heavy atom. The van der Waals surface area contributed by atoms with Gasteiger partial charge in [-0.2, -0.15) is 0 Å². The van der Waals surface area contributed by atoms with Crippen LogP contribution in [0.3, 0.4) is 0 Å². The first kappa shape index (κ1) is 21.0. The number of pyridine rings is 1. The number of aromatic amines is 1. The van der Waals surface area contributed by atoms with Gasteiger partial charge in [-0.05, 0) is 19.5 Å². The van der Waals surface area contributed by atoms with Crippen LogP contribution in [0.15, 0.2) is 42.6 Å². The first-order valence-corrected chi connectivity index (χ1v) is 10.1. The summed E-state index contributed by atoms with van der Waals surface area (Å²) >= 11 is 0. The second-order valence-corrected chi connectivity index (χ2v) is 7.48. The number of likely N-dealkylation sites (tertiary alicyclic amines) is 1. The van der Waals surface area contributed by atoms with Crippen LogP contribution >= 0.6 is 0 Å². The molecule has 2 aromatic heterocycles. The number of hydrogen-bond acceptors (Lipinski definition) is 5. The predicted molar refractivity (Wildman–Crippen MR) is 113 cm³/mol. The number of carbonyl (C=O) groups is 1. The molecule has 1 aliphatic rings. The SMILES string of the molecule is CCOc1n[nH]c2cc(NC(=O)N[C@@H]3CN(C)[C@@H](C(F)F)[C@H]3c3ccccc3)ncc12. The molecule has 1 saturated heterocycles. The van der Waals surface area contributed by atoms with Crippen molar-refractivity contribution in [2.24, 2.45) is 0 Å². The molecule has 164 valence electrons. The van der Waals surface area contributed by atoms with Gasteiger partial charge in [0, 0.05) is 24.7 Å². The van der Waals surface area contributed by atoms with Crippen LogP contribution in [0.1, 0.15) is 18.4 Å². The maximum atomic E-state index is 13.8. The highest BCUT2D eigenvalue weighted by Crippen LogP contribution is 2.36. The van der Waals surface area contributed by atoms with Gasteiger partial charge in [0.05, 0.1) is 29.6 Å². The number of benzene rings is 1. The second-order valence-electron chi connectivity index (χ2n) is 7.48. The Kier molecular flexibility index (Phi) is 5.99. The molecule has 0 radical (unpaired) electrons. The molecular formula is C21H24F2N6O2. The summed E-state index contributed by atoms with van der Waals surface area (Å²) in [5.74, 6) is 0.220. The zero-order valence-corrected chi connectivity index (χ0v) is 17.2. The van der Waals surface area contributed by atoms with Gasteiger partial charge in [0.25, 0.3) is 6.43 Å².